The number of thioether (sulfide) groups is 1. The number of hydrogen-bond donors (Lipinski definition) is 1. The first-order chi connectivity index (χ1) is 8.25. The third-order valence-corrected chi connectivity index (χ3v) is 3.75. The van der Waals surface area contributed by atoms with Crippen molar-refractivity contribution in [1.29, 1.82) is 0 Å². The van der Waals surface area contributed by atoms with Gasteiger partial charge in [-0.3, -0.25) is 9.69 Å². The number of rotatable bonds is 5. The Labute approximate surface area is 108 Å². The van der Waals surface area contributed by atoms with E-state index in [0.717, 1.165) is 37.2 Å². The van der Waals surface area contributed by atoms with Crippen LogP contribution in [-0.2, 0) is 4.79 Å². The lowest BCUT2D eigenvalue weighted by atomic mass is 10.2. The van der Waals surface area contributed by atoms with Gasteiger partial charge >= 0.3 is 6.03 Å². The number of carbonyl (C=O) groups is 2. The molecule has 0 spiro atoms. The van der Waals surface area contributed by atoms with E-state index in [4.69, 9.17) is 0 Å². The van der Waals surface area contributed by atoms with Crippen LogP contribution in [0.1, 0.15) is 39.0 Å². The Kier molecular flexibility index (Phi) is 7.08. The highest BCUT2D eigenvalue weighted by Crippen LogP contribution is 2.11. The van der Waals surface area contributed by atoms with Gasteiger partial charge < -0.3 is 5.32 Å². The predicted octanol–water partition coefficient (Wildman–Crippen LogP) is 2.24. The second-order valence-corrected chi connectivity index (χ2v) is 5.53. The summed E-state index contributed by atoms with van der Waals surface area (Å²) >= 11 is 1.87. The number of hydrogen-bond acceptors (Lipinski definition) is 3. The van der Waals surface area contributed by atoms with Gasteiger partial charge in [-0.2, -0.15) is 11.8 Å². The highest BCUT2D eigenvalue weighted by atomic mass is 32.2. The molecule has 1 rings (SSSR count). The first-order valence-electron chi connectivity index (χ1n) is 6.41. The van der Waals surface area contributed by atoms with Gasteiger partial charge in [0, 0.05) is 19.5 Å². The van der Waals surface area contributed by atoms with Crippen LogP contribution in [0.4, 0.5) is 4.79 Å². The summed E-state index contributed by atoms with van der Waals surface area (Å²) in [5, 5.41) is 2.82. The minimum absolute atomic E-state index is 0.0251. The fourth-order valence-corrected chi connectivity index (χ4v) is 2.44. The monoisotopic (exact) mass is 258 g/mol. The van der Waals surface area contributed by atoms with Gasteiger partial charge in [0.2, 0.25) is 5.91 Å². The van der Waals surface area contributed by atoms with E-state index in [-0.39, 0.29) is 11.9 Å². The number of likely N-dealkylation sites (tertiary alicyclic amines) is 1. The quantitative estimate of drug-likeness (QED) is 0.769. The Morgan fingerprint density at radius 3 is 3.00 bits per heavy atom. The molecule has 5 heteroatoms. The van der Waals surface area contributed by atoms with Crippen molar-refractivity contribution in [2.24, 2.45) is 0 Å². The molecule has 1 aliphatic rings. The van der Waals surface area contributed by atoms with Gasteiger partial charge in [-0.05, 0) is 30.8 Å². The molecule has 0 aromatic heterocycles. The summed E-state index contributed by atoms with van der Waals surface area (Å²) < 4.78 is 0. The zero-order chi connectivity index (χ0) is 12.5. The van der Waals surface area contributed by atoms with Crippen LogP contribution in [0.15, 0.2) is 0 Å². The number of urea groups is 1. The van der Waals surface area contributed by atoms with Crippen molar-refractivity contribution in [3.8, 4) is 0 Å². The van der Waals surface area contributed by atoms with Crippen LogP contribution in [0.5, 0.6) is 0 Å². The van der Waals surface area contributed by atoms with Crippen LogP contribution in [0, 0.1) is 0 Å². The Bertz CT molecular complexity index is 259. The van der Waals surface area contributed by atoms with Crippen LogP contribution in [0.3, 0.4) is 0 Å². The molecule has 0 aromatic rings. The predicted molar refractivity (Wildman–Crippen MR) is 71.2 cm³/mol. The standard InChI is InChI=1S/C12H22N2O2S/c1-2-17-10-6-8-13-12(16)14-9-5-3-4-7-11(14)15/h2-10H2,1H3,(H,13,16). The maximum atomic E-state index is 11.8. The molecule has 0 saturated carbocycles. The molecule has 17 heavy (non-hydrogen) atoms. The van der Waals surface area contributed by atoms with Gasteiger partial charge in [-0.15, -0.1) is 0 Å². The maximum absolute atomic E-state index is 11.8. The third kappa shape index (κ3) is 5.44. The molecule has 0 unspecified atom stereocenters. The van der Waals surface area contributed by atoms with Gasteiger partial charge in [0.25, 0.3) is 0 Å². The molecule has 1 N–H and O–H groups in total. The van der Waals surface area contributed by atoms with E-state index in [1.165, 1.54) is 4.90 Å². The summed E-state index contributed by atoms with van der Waals surface area (Å²) in [6.45, 7) is 3.36. The first-order valence-corrected chi connectivity index (χ1v) is 7.57. The fraction of sp³-hybridized carbons (Fsp3) is 0.833. The molecule has 4 nitrogen and oxygen atoms in total. The second-order valence-electron chi connectivity index (χ2n) is 4.14. The molecule has 0 aliphatic carbocycles. The summed E-state index contributed by atoms with van der Waals surface area (Å²) in [5.74, 6) is 2.14. The van der Waals surface area contributed by atoms with Crippen LogP contribution >= 0.6 is 11.8 Å². The van der Waals surface area contributed by atoms with Crippen LogP contribution < -0.4 is 5.32 Å². The highest BCUT2D eigenvalue weighted by molar-refractivity contribution is 7.99. The molecule has 0 bridgehead atoms. The Balaban J connectivity index is 2.23. The average Bonchev–Trinajstić information content (AvgIpc) is 2.53. The molecule has 0 radical (unpaired) electrons. The summed E-state index contributed by atoms with van der Waals surface area (Å²) in [6, 6.07) is -0.210. The Morgan fingerprint density at radius 1 is 1.41 bits per heavy atom. The van der Waals surface area contributed by atoms with E-state index in [1.54, 1.807) is 0 Å². The van der Waals surface area contributed by atoms with Crippen LogP contribution in [0.25, 0.3) is 0 Å². The smallest absolute Gasteiger partial charge is 0.324 e. The van der Waals surface area contributed by atoms with Gasteiger partial charge in [0.05, 0.1) is 0 Å². The van der Waals surface area contributed by atoms with E-state index < -0.39 is 0 Å². The summed E-state index contributed by atoms with van der Waals surface area (Å²) in [4.78, 5) is 24.8. The van der Waals surface area contributed by atoms with Crippen LogP contribution in [0.2, 0.25) is 0 Å². The van der Waals surface area contributed by atoms with Crippen LogP contribution in [-0.4, -0.2) is 41.4 Å². The normalized spacial score (nSPS) is 16.8. The lowest BCUT2D eigenvalue weighted by molar-refractivity contribution is -0.127. The first kappa shape index (κ1) is 14.4. The second kappa shape index (κ2) is 8.39. The van der Waals surface area contributed by atoms with E-state index in [1.807, 2.05) is 11.8 Å². The molecule has 0 aromatic carbocycles. The van der Waals surface area contributed by atoms with Crippen molar-refractivity contribution in [3.63, 3.8) is 0 Å². The maximum Gasteiger partial charge on any atom is 0.324 e. The molecule has 1 fully saturated rings. The van der Waals surface area contributed by atoms with Gasteiger partial charge in [0.1, 0.15) is 0 Å². The van der Waals surface area contributed by atoms with Gasteiger partial charge in [0.15, 0.2) is 0 Å². The molecule has 0 atom stereocenters. The lowest BCUT2D eigenvalue weighted by Gasteiger charge is -2.18. The van der Waals surface area contributed by atoms with Crippen molar-refractivity contribution in [3.05, 3.63) is 0 Å². The zero-order valence-electron chi connectivity index (χ0n) is 10.5. The zero-order valence-corrected chi connectivity index (χ0v) is 11.4. The van der Waals surface area contributed by atoms with E-state index in [0.29, 0.717) is 19.5 Å². The molecule has 1 aliphatic heterocycles. The molecule has 98 valence electrons. The largest absolute Gasteiger partial charge is 0.338 e. The number of imide groups is 1. The molecular weight excluding hydrogens is 236 g/mol. The number of nitrogens with zero attached hydrogens (tertiary/aromatic N) is 1. The number of nitrogens with one attached hydrogen (secondary N) is 1. The summed E-state index contributed by atoms with van der Waals surface area (Å²) in [7, 11) is 0. The van der Waals surface area contributed by atoms with Gasteiger partial charge in [-0.25, -0.2) is 4.79 Å². The third-order valence-electron chi connectivity index (χ3n) is 2.76. The average molecular weight is 258 g/mol. The van der Waals surface area contributed by atoms with Crippen molar-refractivity contribution in [2.45, 2.75) is 39.0 Å². The number of carbonyl (C=O) groups excluding carboxylic acids is 2. The molecular formula is C12H22N2O2S. The number of amides is 3. The fourth-order valence-electron chi connectivity index (χ4n) is 1.81. The van der Waals surface area contributed by atoms with Crippen molar-refractivity contribution in [1.82, 2.24) is 10.2 Å². The van der Waals surface area contributed by atoms with E-state index in [2.05, 4.69) is 12.2 Å². The molecule has 1 saturated heterocycles. The molecule has 1 heterocycles. The summed E-state index contributed by atoms with van der Waals surface area (Å²) in [5.41, 5.74) is 0. The Hall–Kier alpha value is -0.710. The lowest BCUT2D eigenvalue weighted by Crippen LogP contribution is -2.43. The minimum atomic E-state index is -0.210. The van der Waals surface area contributed by atoms with E-state index in [9.17, 15) is 9.59 Å². The van der Waals surface area contributed by atoms with E-state index >= 15 is 0 Å². The van der Waals surface area contributed by atoms with Crippen molar-refractivity contribution < 1.29 is 9.59 Å². The topological polar surface area (TPSA) is 49.4 Å². The molecule has 3 amide bonds. The van der Waals surface area contributed by atoms with Crippen molar-refractivity contribution in [2.75, 3.05) is 24.6 Å². The highest BCUT2D eigenvalue weighted by Gasteiger charge is 2.22. The van der Waals surface area contributed by atoms with Crippen molar-refractivity contribution >= 4 is 23.7 Å². The summed E-state index contributed by atoms with van der Waals surface area (Å²) in [6.07, 6.45) is 4.37. The van der Waals surface area contributed by atoms with Gasteiger partial charge in [-0.1, -0.05) is 13.3 Å². The minimum Gasteiger partial charge on any atom is -0.338 e. The Morgan fingerprint density at radius 2 is 2.24 bits per heavy atom. The SMILES string of the molecule is CCSCCCNC(=O)N1CCCCCC1=O.